The number of rotatable bonds is 11. The standard InChI is InChI=1S/C35H36BrN3O4S/c36-28-15-6-12-26(22-28)24-38(31(23-25-10-2-1-3-11-25)35(41)37-29-16-4-5-17-29)33(40)20-9-21-39-30-18-7-13-27-14-8-19-32(34(27)30)44(39,42)43/h1-3,6-8,10-15,18-19,22,29,31H,4-5,9,16-17,20-21,23-24H2,(H,37,41). The Morgan fingerprint density at radius 1 is 0.909 bits per heavy atom. The first-order chi connectivity index (χ1) is 21.3. The fraction of sp³-hybridized carbons (Fsp3) is 0.314. The first-order valence-corrected chi connectivity index (χ1v) is 17.5. The van der Waals surface area contributed by atoms with Crippen molar-refractivity contribution in [3.63, 3.8) is 0 Å². The number of anilines is 1. The molecule has 1 aliphatic heterocycles. The second kappa shape index (κ2) is 13.1. The highest BCUT2D eigenvalue weighted by atomic mass is 79.9. The van der Waals surface area contributed by atoms with Crippen LogP contribution in [0.3, 0.4) is 0 Å². The van der Waals surface area contributed by atoms with Crippen molar-refractivity contribution in [1.29, 1.82) is 0 Å². The smallest absolute Gasteiger partial charge is 0.265 e. The molecule has 228 valence electrons. The Labute approximate surface area is 267 Å². The van der Waals surface area contributed by atoms with Crippen molar-refractivity contribution in [2.75, 3.05) is 10.8 Å². The number of nitrogens with zero attached hydrogens (tertiary/aromatic N) is 2. The van der Waals surface area contributed by atoms with E-state index in [2.05, 4.69) is 21.2 Å². The Balaban J connectivity index is 1.25. The van der Waals surface area contributed by atoms with Gasteiger partial charge < -0.3 is 10.2 Å². The van der Waals surface area contributed by atoms with Crippen LogP contribution in [0.5, 0.6) is 0 Å². The van der Waals surface area contributed by atoms with Gasteiger partial charge >= 0.3 is 0 Å². The van der Waals surface area contributed by atoms with Gasteiger partial charge in [-0.3, -0.25) is 13.9 Å². The summed E-state index contributed by atoms with van der Waals surface area (Å²) in [4.78, 5) is 30.0. The van der Waals surface area contributed by atoms with Crippen LogP contribution in [-0.2, 0) is 32.6 Å². The van der Waals surface area contributed by atoms with Crippen molar-refractivity contribution >= 4 is 54.2 Å². The summed E-state index contributed by atoms with van der Waals surface area (Å²) >= 11 is 3.54. The Kier molecular flexibility index (Phi) is 9.05. The Morgan fingerprint density at radius 3 is 2.36 bits per heavy atom. The maximum atomic E-state index is 14.1. The highest BCUT2D eigenvalue weighted by molar-refractivity contribution is 9.10. The van der Waals surface area contributed by atoms with Gasteiger partial charge in [0.2, 0.25) is 11.8 Å². The van der Waals surface area contributed by atoms with E-state index in [0.29, 0.717) is 23.4 Å². The Morgan fingerprint density at radius 2 is 1.61 bits per heavy atom. The SMILES string of the molecule is O=C(NC1CCCC1)C(Cc1ccccc1)N(Cc1cccc(Br)c1)C(=O)CCCN1c2cccc3cccc(c23)S1(=O)=O. The van der Waals surface area contributed by atoms with Crippen LogP contribution in [0.15, 0.2) is 100 Å². The van der Waals surface area contributed by atoms with Gasteiger partial charge in [0.25, 0.3) is 10.0 Å². The molecule has 4 aromatic carbocycles. The lowest BCUT2D eigenvalue weighted by Crippen LogP contribution is -2.52. The largest absolute Gasteiger partial charge is 0.352 e. The quantitative estimate of drug-likeness (QED) is 0.195. The predicted molar refractivity (Wildman–Crippen MR) is 177 cm³/mol. The molecule has 1 N–H and O–H groups in total. The molecule has 1 aliphatic carbocycles. The van der Waals surface area contributed by atoms with Crippen LogP contribution < -0.4 is 9.62 Å². The zero-order valence-corrected chi connectivity index (χ0v) is 26.9. The van der Waals surface area contributed by atoms with Crippen molar-refractivity contribution in [2.24, 2.45) is 0 Å². The molecule has 7 nitrogen and oxygen atoms in total. The van der Waals surface area contributed by atoms with Gasteiger partial charge in [-0.1, -0.05) is 95.5 Å². The van der Waals surface area contributed by atoms with Gasteiger partial charge in [0, 0.05) is 41.8 Å². The Bertz CT molecular complexity index is 1770. The fourth-order valence-corrected chi connectivity index (χ4v) is 8.67. The summed E-state index contributed by atoms with van der Waals surface area (Å²) in [7, 11) is -3.71. The number of nitrogens with one attached hydrogen (secondary N) is 1. The summed E-state index contributed by atoms with van der Waals surface area (Å²) in [6.45, 7) is 0.435. The minimum atomic E-state index is -3.71. The lowest BCUT2D eigenvalue weighted by atomic mass is 10.0. The number of sulfonamides is 1. The maximum absolute atomic E-state index is 14.1. The van der Waals surface area contributed by atoms with Gasteiger partial charge in [-0.05, 0) is 60.0 Å². The first kappa shape index (κ1) is 30.3. The van der Waals surface area contributed by atoms with E-state index in [4.69, 9.17) is 0 Å². The van der Waals surface area contributed by atoms with E-state index in [1.54, 1.807) is 17.0 Å². The highest BCUT2D eigenvalue weighted by Crippen LogP contribution is 2.42. The third-order valence-electron chi connectivity index (χ3n) is 8.65. The molecule has 4 aromatic rings. The molecule has 1 heterocycles. The molecular formula is C35H36BrN3O4S. The summed E-state index contributed by atoms with van der Waals surface area (Å²) < 4.78 is 29.3. The van der Waals surface area contributed by atoms with E-state index in [9.17, 15) is 18.0 Å². The van der Waals surface area contributed by atoms with Crippen LogP contribution in [0.2, 0.25) is 0 Å². The zero-order chi connectivity index (χ0) is 30.7. The number of halogens is 1. The summed E-state index contributed by atoms with van der Waals surface area (Å²) in [5.74, 6) is -0.326. The molecule has 2 amide bonds. The summed E-state index contributed by atoms with van der Waals surface area (Å²) in [5, 5.41) is 4.84. The molecule has 1 saturated carbocycles. The molecule has 0 aromatic heterocycles. The molecule has 0 spiro atoms. The minimum absolute atomic E-state index is 0.105. The molecule has 2 aliphatic rings. The van der Waals surface area contributed by atoms with Crippen LogP contribution in [0, 0.1) is 0 Å². The average molecular weight is 675 g/mol. The second-order valence-electron chi connectivity index (χ2n) is 11.7. The monoisotopic (exact) mass is 673 g/mol. The number of carbonyl (C=O) groups is 2. The van der Waals surface area contributed by atoms with Crippen LogP contribution in [0.1, 0.15) is 49.7 Å². The van der Waals surface area contributed by atoms with Crippen LogP contribution in [0.25, 0.3) is 10.8 Å². The van der Waals surface area contributed by atoms with Crippen molar-refractivity contribution in [2.45, 2.75) is 68.5 Å². The molecular weight excluding hydrogens is 638 g/mol. The van der Waals surface area contributed by atoms with Crippen LogP contribution >= 0.6 is 15.9 Å². The molecule has 1 atom stereocenters. The molecule has 0 radical (unpaired) electrons. The van der Waals surface area contributed by atoms with Crippen LogP contribution in [0.4, 0.5) is 5.69 Å². The van der Waals surface area contributed by atoms with Crippen molar-refractivity contribution < 1.29 is 18.0 Å². The average Bonchev–Trinajstić information content (AvgIpc) is 3.61. The number of benzene rings is 4. The van der Waals surface area contributed by atoms with Gasteiger partial charge in [-0.2, -0.15) is 0 Å². The third kappa shape index (κ3) is 6.40. The molecule has 6 rings (SSSR count). The number of carbonyl (C=O) groups excluding carboxylic acids is 2. The fourth-order valence-electron chi connectivity index (χ4n) is 6.47. The molecule has 0 bridgehead atoms. The molecule has 44 heavy (non-hydrogen) atoms. The number of hydrogen-bond donors (Lipinski definition) is 1. The molecule has 9 heteroatoms. The van der Waals surface area contributed by atoms with Crippen molar-refractivity contribution in [3.05, 3.63) is 107 Å². The predicted octanol–water partition coefficient (Wildman–Crippen LogP) is 6.59. The first-order valence-electron chi connectivity index (χ1n) is 15.2. The van der Waals surface area contributed by atoms with E-state index in [1.807, 2.05) is 78.9 Å². The minimum Gasteiger partial charge on any atom is -0.352 e. The van der Waals surface area contributed by atoms with Gasteiger partial charge in [-0.25, -0.2) is 8.42 Å². The van der Waals surface area contributed by atoms with Crippen molar-refractivity contribution in [1.82, 2.24) is 10.2 Å². The van der Waals surface area contributed by atoms with Gasteiger partial charge in [0.1, 0.15) is 6.04 Å². The van der Waals surface area contributed by atoms with Gasteiger partial charge in [-0.15, -0.1) is 0 Å². The topological polar surface area (TPSA) is 86.8 Å². The van der Waals surface area contributed by atoms with Crippen LogP contribution in [-0.4, -0.2) is 43.8 Å². The molecule has 1 fully saturated rings. The van der Waals surface area contributed by atoms with E-state index in [0.717, 1.165) is 52.1 Å². The van der Waals surface area contributed by atoms with Crippen molar-refractivity contribution in [3.8, 4) is 0 Å². The summed E-state index contributed by atoms with van der Waals surface area (Å²) in [5.41, 5.74) is 2.53. The van der Waals surface area contributed by atoms with Gasteiger partial charge in [0.15, 0.2) is 0 Å². The van der Waals surface area contributed by atoms with E-state index < -0.39 is 16.1 Å². The highest BCUT2D eigenvalue weighted by Gasteiger charge is 2.36. The van der Waals surface area contributed by atoms with E-state index >= 15 is 0 Å². The number of amides is 2. The third-order valence-corrected chi connectivity index (χ3v) is 11.0. The van der Waals surface area contributed by atoms with E-state index in [1.165, 1.54) is 4.31 Å². The summed E-state index contributed by atoms with van der Waals surface area (Å²) in [6, 6.07) is 27.9. The molecule has 1 unspecified atom stereocenters. The number of hydrogen-bond acceptors (Lipinski definition) is 4. The lowest BCUT2D eigenvalue weighted by molar-refractivity contribution is -0.141. The Hall–Kier alpha value is -3.69. The normalized spacial score (nSPS) is 16.2. The lowest BCUT2D eigenvalue weighted by Gasteiger charge is -2.32. The summed E-state index contributed by atoms with van der Waals surface area (Å²) in [6.07, 6.45) is 4.88. The second-order valence-corrected chi connectivity index (χ2v) is 14.4. The van der Waals surface area contributed by atoms with E-state index in [-0.39, 0.29) is 37.4 Å². The maximum Gasteiger partial charge on any atom is 0.265 e. The zero-order valence-electron chi connectivity index (χ0n) is 24.5. The van der Waals surface area contributed by atoms with Gasteiger partial charge in [0.05, 0.1) is 10.6 Å². The molecule has 0 saturated heterocycles.